The van der Waals surface area contributed by atoms with Crippen molar-refractivity contribution in [3.05, 3.63) is 0 Å². The van der Waals surface area contributed by atoms with Gasteiger partial charge in [-0.25, -0.2) is 0 Å². The molecule has 0 spiro atoms. The van der Waals surface area contributed by atoms with Gasteiger partial charge in [-0.05, 0) is 13.3 Å². The molecule has 0 aliphatic carbocycles. The number of hydrogen-bond acceptors (Lipinski definition) is 4. The molecule has 0 saturated heterocycles. The van der Waals surface area contributed by atoms with Crippen molar-refractivity contribution in [1.29, 1.82) is 0 Å². The van der Waals surface area contributed by atoms with Crippen molar-refractivity contribution >= 4 is 23.1 Å². The summed E-state index contributed by atoms with van der Waals surface area (Å²) in [6.07, 6.45) is 1.21. The number of carbonyl (C=O) groups is 4. The van der Waals surface area contributed by atoms with Crippen molar-refractivity contribution < 1.29 is 19.2 Å². The Morgan fingerprint density at radius 2 is 1.31 bits per heavy atom. The maximum absolute atomic E-state index is 11.2. The minimum Gasteiger partial charge on any atom is -0.300 e. The van der Waals surface area contributed by atoms with Gasteiger partial charge in [0.15, 0.2) is 0 Å². The van der Waals surface area contributed by atoms with Crippen LogP contribution < -0.4 is 0 Å². The highest BCUT2D eigenvalue weighted by molar-refractivity contribution is 6.00. The molecule has 0 aromatic rings. The number of rotatable bonds is 9. The fraction of sp³-hybridized carbons (Fsp3) is 0.667. The van der Waals surface area contributed by atoms with Gasteiger partial charge < -0.3 is 0 Å². The van der Waals surface area contributed by atoms with Crippen LogP contribution in [0.15, 0.2) is 0 Å². The first-order valence-corrected chi connectivity index (χ1v) is 5.50. The van der Waals surface area contributed by atoms with Gasteiger partial charge in [0.1, 0.15) is 23.1 Å². The molecule has 4 heteroatoms. The van der Waals surface area contributed by atoms with E-state index in [2.05, 4.69) is 0 Å². The van der Waals surface area contributed by atoms with Gasteiger partial charge in [-0.2, -0.15) is 0 Å². The molecule has 16 heavy (non-hydrogen) atoms. The molecule has 0 unspecified atom stereocenters. The first kappa shape index (κ1) is 14.7. The Morgan fingerprint density at radius 3 is 1.75 bits per heavy atom. The molecule has 0 aliphatic heterocycles. The second kappa shape index (κ2) is 7.91. The summed E-state index contributed by atoms with van der Waals surface area (Å²) in [6, 6.07) is 0. The summed E-state index contributed by atoms with van der Waals surface area (Å²) in [5.41, 5.74) is 0. The monoisotopic (exact) mass is 226 g/mol. The molecule has 0 aromatic heterocycles. The fourth-order valence-electron chi connectivity index (χ4n) is 1.28. The molecule has 0 aliphatic rings. The van der Waals surface area contributed by atoms with Crippen LogP contribution in [0.25, 0.3) is 0 Å². The lowest BCUT2D eigenvalue weighted by Gasteiger charge is -1.99. The maximum Gasteiger partial charge on any atom is 0.140 e. The second-order valence-corrected chi connectivity index (χ2v) is 3.88. The summed E-state index contributed by atoms with van der Waals surface area (Å²) in [6.45, 7) is 3.08. The molecular formula is C12H18O4. The fourth-order valence-corrected chi connectivity index (χ4v) is 1.28. The van der Waals surface area contributed by atoms with Crippen molar-refractivity contribution in [1.82, 2.24) is 0 Å². The Morgan fingerprint density at radius 1 is 0.812 bits per heavy atom. The molecule has 0 saturated carbocycles. The van der Waals surface area contributed by atoms with Crippen LogP contribution in [0.5, 0.6) is 0 Å². The van der Waals surface area contributed by atoms with Crippen LogP contribution >= 0.6 is 0 Å². The summed E-state index contributed by atoms with van der Waals surface area (Å²) in [5.74, 6) is -0.484. The Bertz CT molecular complexity index is 291. The van der Waals surface area contributed by atoms with E-state index in [1.165, 1.54) is 6.92 Å². The van der Waals surface area contributed by atoms with Crippen molar-refractivity contribution in [2.24, 2.45) is 0 Å². The van der Waals surface area contributed by atoms with E-state index >= 15 is 0 Å². The highest BCUT2D eigenvalue weighted by Crippen LogP contribution is 2.03. The molecule has 0 amide bonds. The van der Waals surface area contributed by atoms with Gasteiger partial charge in [0.2, 0.25) is 0 Å². The van der Waals surface area contributed by atoms with Crippen molar-refractivity contribution in [2.45, 2.75) is 52.4 Å². The van der Waals surface area contributed by atoms with Crippen LogP contribution in [0, 0.1) is 0 Å². The maximum atomic E-state index is 11.2. The van der Waals surface area contributed by atoms with Crippen molar-refractivity contribution in [2.75, 3.05) is 0 Å². The smallest absolute Gasteiger partial charge is 0.140 e. The van der Waals surface area contributed by atoms with E-state index in [1.54, 1.807) is 6.92 Å². The van der Waals surface area contributed by atoms with Crippen LogP contribution in [-0.4, -0.2) is 23.1 Å². The van der Waals surface area contributed by atoms with Gasteiger partial charge >= 0.3 is 0 Å². The second-order valence-electron chi connectivity index (χ2n) is 3.88. The molecule has 4 nitrogen and oxygen atoms in total. The van der Waals surface area contributed by atoms with Gasteiger partial charge in [0, 0.05) is 19.3 Å². The van der Waals surface area contributed by atoms with E-state index < -0.39 is 0 Å². The minimum atomic E-state index is -0.155. The molecule has 0 atom stereocenters. The van der Waals surface area contributed by atoms with Crippen LogP contribution in [0.2, 0.25) is 0 Å². The minimum absolute atomic E-state index is 0.0304. The van der Waals surface area contributed by atoms with Crippen LogP contribution in [0.4, 0.5) is 0 Å². The summed E-state index contributed by atoms with van der Waals surface area (Å²) >= 11 is 0. The lowest BCUT2D eigenvalue weighted by atomic mass is 10.0. The van der Waals surface area contributed by atoms with Gasteiger partial charge in [-0.3, -0.25) is 19.2 Å². The zero-order valence-corrected chi connectivity index (χ0v) is 9.88. The van der Waals surface area contributed by atoms with Crippen molar-refractivity contribution in [3.8, 4) is 0 Å². The molecule has 90 valence electrons. The summed E-state index contributed by atoms with van der Waals surface area (Å²) in [5, 5.41) is 0. The molecule has 0 rings (SSSR count). The standard InChI is InChI=1S/C12H18O4/c1-3-10(14)8-12(16)6-4-5-11(15)7-9(2)13/h3-8H2,1-2H3. The third-order valence-corrected chi connectivity index (χ3v) is 2.15. The van der Waals surface area contributed by atoms with E-state index in [9.17, 15) is 19.2 Å². The predicted molar refractivity (Wildman–Crippen MR) is 59.1 cm³/mol. The van der Waals surface area contributed by atoms with Gasteiger partial charge in [0.25, 0.3) is 0 Å². The number of Topliss-reactive ketones (excluding diaryl/α,β-unsaturated/α-hetero) is 4. The van der Waals surface area contributed by atoms with Gasteiger partial charge in [0.05, 0.1) is 12.8 Å². The van der Waals surface area contributed by atoms with E-state index in [0.717, 1.165) is 0 Å². The lowest BCUT2D eigenvalue weighted by Crippen LogP contribution is -2.08. The lowest BCUT2D eigenvalue weighted by molar-refractivity contribution is -0.127. The zero-order valence-electron chi connectivity index (χ0n) is 9.88. The van der Waals surface area contributed by atoms with Crippen LogP contribution in [-0.2, 0) is 19.2 Å². The van der Waals surface area contributed by atoms with Crippen LogP contribution in [0.1, 0.15) is 52.4 Å². The first-order chi connectivity index (χ1) is 7.45. The third kappa shape index (κ3) is 8.03. The largest absolute Gasteiger partial charge is 0.300 e. The molecule has 0 heterocycles. The molecule has 0 bridgehead atoms. The normalized spacial score (nSPS) is 9.88. The molecular weight excluding hydrogens is 208 g/mol. The summed E-state index contributed by atoms with van der Waals surface area (Å²) < 4.78 is 0. The number of hydrogen-bond donors (Lipinski definition) is 0. The predicted octanol–water partition coefficient (Wildman–Crippen LogP) is 1.64. The molecule has 0 N–H and O–H groups in total. The number of carbonyl (C=O) groups excluding carboxylic acids is 4. The van der Waals surface area contributed by atoms with Gasteiger partial charge in [-0.1, -0.05) is 6.92 Å². The Balaban J connectivity index is 3.66. The first-order valence-electron chi connectivity index (χ1n) is 5.50. The Kier molecular flexibility index (Phi) is 7.25. The average Bonchev–Trinajstić information content (AvgIpc) is 2.16. The van der Waals surface area contributed by atoms with Crippen molar-refractivity contribution in [3.63, 3.8) is 0 Å². The summed E-state index contributed by atoms with van der Waals surface area (Å²) in [4.78, 5) is 43.9. The van der Waals surface area contributed by atoms with E-state index in [4.69, 9.17) is 0 Å². The topological polar surface area (TPSA) is 68.3 Å². The van der Waals surface area contributed by atoms with E-state index in [-0.39, 0.29) is 48.8 Å². The quantitative estimate of drug-likeness (QED) is 0.560. The van der Waals surface area contributed by atoms with E-state index in [1.807, 2.05) is 0 Å². The average molecular weight is 226 g/mol. The Labute approximate surface area is 95.4 Å². The summed E-state index contributed by atoms with van der Waals surface area (Å²) in [7, 11) is 0. The number of ketones is 4. The van der Waals surface area contributed by atoms with E-state index in [0.29, 0.717) is 12.8 Å². The highest BCUT2D eigenvalue weighted by atomic mass is 16.2. The SMILES string of the molecule is CCC(=O)CC(=O)CCCC(=O)CC(C)=O. The highest BCUT2D eigenvalue weighted by Gasteiger charge is 2.09. The molecule has 0 aromatic carbocycles. The zero-order chi connectivity index (χ0) is 12.6. The van der Waals surface area contributed by atoms with Crippen LogP contribution in [0.3, 0.4) is 0 Å². The third-order valence-electron chi connectivity index (χ3n) is 2.15. The Hall–Kier alpha value is -1.32. The molecule has 0 fully saturated rings. The molecule has 0 radical (unpaired) electrons. The van der Waals surface area contributed by atoms with Gasteiger partial charge in [-0.15, -0.1) is 0 Å².